The quantitative estimate of drug-likeness (QED) is 0.549. The van der Waals surface area contributed by atoms with Gasteiger partial charge in [-0.05, 0) is 27.2 Å². The first kappa shape index (κ1) is 11.4. The second-order valence-corrected chi connectivity index (χ2v) is 5.51. The Balaban J connectivity index is 2.07. The Morgan fingerprint density at radius 2 is 2.00 bits per heavy atom. The summed E-state index contributed by atoms with van der Waals surface area (Å²) in [6.07, 6.45) is 0.569. The van der Waals surface area contributed by atoms with Gasteiger partial charge < -0.3 is 9.84 Å². The number of carbonyl (C=O) groups excluding carboxylic acids is 1. The fourth-order valence-electron chi connectivity index (χ4n) is 2.30. The van der Waals surface area contributed by atoms with Crippen molar-refractivity contribution in [3.63, 3.8) is 0 Å². The van der Waals surface area contributed by atoms with Crippen LogP contribution in [0.25, 0.3) is 0 Å². The molecule has 0 amide bonds. The van der Waals surface area contributed by atoms with Crippen molar-refractivity contribution < 1.29 is 19.4 Å². The zero-order valence-corrected chi connectivity index (χ0v) is 9.77. The second-order valence-electron chi connectivity index (χ2n) is 5.51. The zero-order valence-electron chi connectivity index (χ0n) is 9.77. The van der Waals surface area contributed by atoms with Crippen LogP contribution in [0.2, 0.25) is 0 Å². The highest BCUT2D eigenvalue weighted by atomic mass is 16.6. The molecule has 0 saturated carbocycles. The number of carboxylic acids is 1. The molecule has 0 aliphatic carbocycles. The summed E-state index contributed by atoms with van der Waals surface area (Å²) in [5.74, 6) is -1.91. The summed E-state index contributed by atoms with van der Waals surface area (Å²) in [4.78, 5) is 24.8. The second kappa shape index (κ2) is 3.45. The topological polar surface area (TPSA) is 66.6 Å². The Hall–Kier alpha value is -1.10. The predicted molar refractivity (Wildman–Crippen MR) is 55.9 cm³/mol. The predicted octanol–water partition coefficient (Wildman–Crippen LogP) is 0.485. The number of ether oxygens (including phenoxy) is 1. The largest absolute Gasteiger partial charge is 0.481 e. The molecule has 4 atom stereocenters. The van der Waals surface area contributed by atoms with E-state index in [4.69, 9.17) is 9.84 Å². The Bertz CT molecular complexity index is 333. The monoisotopic (exact) mass is 227 g/mol. The van der Waals surface area contributed by atoms with Crippen molar-refractivity contribution in [2.45, 2.75) is 44.9 Å². The SMILES string of the molecule is CC(C)(C)OC(=O)C1C(C(=O)O)CC2CN21. The summed E-state index contributed by atoms with van der Waals surface area (Å²) in [6.45, 7) is 6.19. The molecule has 0 aromatic carbocycles. The number of piperidine rings is 1. The first-order chi connectivity index (χ1) is 7.29. The molecule has 2 fully saturated rings. The van der Waals surface area contributed by atoms with E-state index in [0.717, 1.165) is 6.54 Å². The third-order valence-corrected chi connectivity index (χ3v) is 2.99. The van der Waals surface area contributed by atoms with Crippen molar-refractivity contribution in [2.24, 2.45) is 5.92 Å². The number of carbonyl (C=O) groups is 2. The lowest BCUT2D eigenvalue weighted by atomic mass is 9.97. The van der Waals surface area contributed by atoms with Crippen molar-refractivity contribution in [3.05, 3.63) is 0 Å². The zero-order chi connectivity index (χ0) is 12.1. The number of nitrogens with zero attached hydrogens (tertiary/aromatic N) is 1. The standard InChI is InChI=1S/C11H17NO4/c1-11(2,3)16-10(15)8-7(9(13)14)4-6-5-12(6)8/h6-8H,4-5H2,1-3H3,(H,13,14). The minimum absolute atomic E-state index is 0.276. The average Bonchev–Trinajstić information content (AvgIpc) is 2.73. The summed E-state index contributed by atoms with van der Waals surface area (Å²) < 4.78 is 5.26. The summed E-state index contributed by atoms with van der Waals surface area (Å²) in [7, 11) is 0. The highest BCUT2D eigenvalue weighted by Gasteiger charge is 2.57. The van der Waals surface area contributed by atoms with Gasteiger partial charge in [-0.3, -0.25) is 14.5 Å². The van der Waals surface area contributed by atoms with E-state index < -0.39 is 29.5 Å². The van der Waals surface area contributed by atoms with Crippen LogP contribution in [0.15, 0.2) is 0 Å². The molecule has 0 bridgehead atoms. The molecule has 5 heteroatoms. The maximum Gasteiger partial charge on any atom is 0.324 e. The first-order valence-corrected chi connectivity index (χ1v) is 5.51. The lowest BCUT2D eigenvalue weighted by molar-refractivity contribution is -0.164. The maximum atomic E-state index is 11.9. The maximum absolute atomic E-state index is 11.9. The van der Waals surface area contributed by atoms with Crippen molar-refractivity contribution >= 4 is 11.9 Å². The van der Waals surface area contributed by atoms with Gasteiger partial charge in [-0.2, -0.15) is 0 Å². The fraction of sp³-hybridized carbons (Fsp3) is 0.818. The molecule has 2 heterocycles. The average molecular weight is 227 g/mol. The van der Waals surface area contributed by atoms with Gasteiger partial charge in [0.15, 0.2) is 0 Å². The Labute approximate surface area is 94.4 Å². The number of rotatable bonds is 2. The van der Waals surface area contributed by atoms with Crippen molar-refractivity contribution in [3.8, 4) is 0 Å². The van der Waals surface area contributed by atoms with Crippen LogP contribution in [0.4, 0.5) is 0 Å². The van der Waals surface area contributed by atoms with Gasteiger partial charge in [0.1, 0.15) is 11.6 Å². The van der Waals surface area contributed by atoms with Crippen LogP contribution in [0.3, 0.4) is 0 Å². The van der Waals surface area contributed by atoms with Crippen molar-refractivity contribution in [1.82, 2.24) is 4.90 Å². The van der Waals surface area contributed by atoms with Gasteiger partial charge >= 0.3 is 11.9 Å². The van der Waals surface area contributed by atoms with Crippen LogP contribution in [0.5, 0.6) is 0 Å². The van der Waals surface area contributed by atoms with E-state index in [2.05, 4.69) is 0 Å². The van der Waals surface area contributed by atoms with Gasteiger partial charge in [0, 0.05) is 12.6 Å². The lowest BCUT2D eigenvalue weighted by Gasteiger charge is -2.25. The van der Waals surface area contributed by atoms with Crippen LogP contribution in [0, 0.1) is 5.92 Å². The first-order valence-electron chi connectivity index (χ1n) is 5.51. The van der Waals surface area contributed by atoms with Gasteiger partial charge in [-0.15, -0.1) is 0 Å². The van der Waals surface area contributed by atoms with Crippen molar-refractivity contribution in [1.29, 1.82) is 0 Å². The number of hydrogen-bond acceptors (Lipinski definition) is 4. The summed E-state index contributed by atoms with van der Waals surface area (Å²) in [5.41, 5.74) is -0.561. The molecule has 2 rings (SSSR count). The summed E-state index contributed by atoms with van der Waals surface area (Å²) in [6, 6.07) is -0.305. The van der Waals surface area contributed by atoms with Crippen LogP contribution >= 0.6 is 0 Å². The van der Waals surface area contributed by atoms with Crippen LogP contribution in [-0.2, 0) is 14.3 Å². The smallest absolute Gasteiger partial charge is 0.324 e. The number of aliphatic carboxylic acids is 1. The van der Waals surface area contributed by atoms with E-state index in [9.17, 15) is 9.59 Å². The molecule has 2 saturated heterocycles. The Kier molecular flexibility index (Phi) is 2.45. The van der Waals surface area contributed by atoms with Gasteiger partial charge in [-0.25, -0.2) is 0 Å². The van der Waals surface area contributed by atoms with E-state index in [1.54, 1.807) is 20.8 Å². The molecular weight excluding hydrogens is 210 g/mol. The van der Waals surface area contributed by atoms with Crippen LogP contribution in [-0.4, -0.2) is 46.2 Å². The highest BCUT2D eigenvalue weighted by Crippen LogP contribution is 2.41. The molecule has 0 radical (unpaired) electrons. The van der Waals surface area contributed by atoms with E-state index in [1.807, 2.05) is 4.90 Å². The molecule has 2 aliphatic rings. The molecule has 2 aliphatic heterocycles. The molecule has 0 spiro atoms. The van der Waals surface area contributed by atoms with Gasteiger partial charge in [0.05, 0.1) is 5.92 Å². The van der Waals surface area contributed by atoms with Crippen LogP contribution in [0.1, 0.15) is 27.2 Å². The molecule has 0 aromatic rings. The van der Waals surface area contributed by atoms with Gasteiger partial charge in [-0.1, -0.05) is 0 Å². The van der Waals surface area contributed by atoms with Gasteiger partial charge in [0.25, 0.3) is 0 Å². The van der Waals surface area contributed by atoms with Crippen LogP contribution < -0.4 is 0 Å². The normalized spacial score (nSPS) is 36.7. The molecule has 4 unspecified atom stereocenters. The minimum Gasteiger partial charge on any atom is -0.481 e. The minimum atomic E-state index is -0.900. The molecule has 90 valence electrons. The van der Waals surface area contributed by atoms with Gasteiger partial charge in [0.2, 0.25) is 0 Å². The highest BCUT2D eigenvalue weighted by molar-refractivity contribution is 5.85. The number of hydrogen-bond donors (Lipinski definition) is 1. The molecular formula is C11H17NO4. The van der Waals surface area contributed by atoms with E-state index in [0.29, 0.717) is 6.42 Å². The lowest BCUT2D eigenvalue weighted by Crippen LogP contribution is -2.41. The van der Waals surface area contributed by atoms with E-state index >= 15 is 0 Å². The number of fused-ring (bicyclic) bond motifs is 1. The molecule has 16 heavy (non-hydrogen) atoms. The Morgan fingerprint density at radius 3 is 2.50 bits per heavy atom. The third kappa shape index (κ3) is 2.04. The van der Waals surface area contributed by atoms with E-state index in [-0.39, 0.29) is 6.04 Å². The number of esters is 1. The fourth-order valence-corrected chi connectivity index (χ4v) is 2.30. The summed E-state index contributed by atoms with van der Waals surface area (Å²) in [5, 5.41) is 9.03. The summed E-state index contributed by atoms with van der Waals surface area (Å²) >= 11 is 0. The number of carboxylic acid groups (broad SMARTS) is 1. The molecule has 0 aromatic heterocycles. The van der Waals surface area contributed by atoms with Crippen molar-refractivity contribution in [2.75, 3.05) is 6.54 Å². The Morgan fingerprint density at radius 1 is 1.38 bits per heavy atom. The van der Waals surface area contributed by atoms with E-state index in [1.165, 1.54) is 0 Å². The molecule has 1 N–H and O–H groups in total. The molecule has 5 nitrogen and oxygen atoms in total. The third-order valence-electron chi connectivity index (χ3n) is 2.99.